The molecule has 2 N–H and O–H groups in total. The maximum absolute atomic E-state index is 6.36. The molecule has 0 radical (unpaired) electrons. The number of para-hydroxylation sites is 2. The molecule has 2 aliphatic rings. The van der Waals surface area contributed by atoms with E-state index in [4.69, 9.17) is 8.83 Å². The Morgan fingerprint density at radius 2 is 1.21 bits per heavy atom. The van der Waals surface area contributed by atoms with Gasteiger partial charge >= 0.3 is 0 Å². The fraction of sp³-hybridized carbons (Fsp3) is 0.0526. The van der Waals surface area contributed by atoms with Crippen LogP contribution in [0.4, 0.5) is 11.5 Å². The lowest BCUT2D eigenvalue weighted by molar-refractivity contribution is 0.668. The minimum Gasteiger partial charge on any atom is -0.456 e. The Hall–Kier alpha value is -5.68. The molecule has 1 aliphatic heterocycles. The van der Waals surface area contributed by atoms with Crippen molar-refractivity contribution < 1.29 is 8.83 Å². The van der Waals surface area contributed by atoms with Crippen LogP contribution in [0.25, 0.3) is 82.2 Å². The van der Waals surface area contributed by atoms with Crippen molar-refractivity contribution in [2.45, 2.75) is 12.1 Å². The molecule has 0 saturated heterocycles. The molecule has 5 aromatic carbocycles. The predicted octanol–water partition coefficient (Wildman–Crippen LogP) is 9.85. The van der Waals surface area contributed by atoms with Crippen LogP contribution >= 0.6 is 0 Å². The zero-order chi connectivity index (χ0) is 27.8. The van der Waals surface area contributed by atoms with E-state index in [2.05, 4.69) is 112 Å². The van der Waals surface area contributed by atoms with Crippen molar-refractivity contribution in [3.8, 4) is 11.1 Å². The Balaban J connectivity index is 1.29. The van der Waals surface area contributed by atoms with Gasteiger partial charge in [-0.25, -0.2) is 0 Å². The van der Waals surface area contributed by atoms with Gasteiger partial charge in [0.15, 0.2) is 0 Å². The van der Waals surface area contributed by atoms with Gasteiger partial charge in [-0.2, -0.15) is 0 Å². The lowest BCUT2D eigenvalue weighted by Gasteiger charge is -2.33. The van der Waals surface area contributed by atoms with Crippen molar-refractivity contribution in [3.05, 3.63) is 115 Å². The third-order valence-corrected chi connectivity index (χ3v) is 9.55. The van der Waals surface area contributed by atoms with Gasteiger partial charge in [0, 0.05) is 37.7 Å². The number of furan rings is 2. The van der Waals surface area contributed by atoms with Gasteiger partial charge in [0.05, 0.1) is 28.8 Å². The highest BCUT2D eigenvalue weighted by atomic mass is 16.3. The highest BCUT2D eigenvalue weighted by Crippen LogP contribution is 2.50. The molecule has 9 aromatic rings. The Kier molecular flexibility index (Phi) is 3.88. The summed E-state index contributed by atoms with van der Waals surface area (Å²) in [7, 11) is 0. The maximum atomic E-state index is 6.36. The molecule has 1 aliphatic carbocycles. The number of hydrogen-bond acceptors (Lipinski definition) is 4. The molecule has 202 valence electrons. The Morgan fingerprint density at radius 3 is 2.09 bits per heavy atom. The first kappa shape index (κ1) is 22.0. The minimum absolute atomic E-state index is 0.181. The van der Waals surface area contributed by atoms with Crippen LogP contribution < -0.4 is 10.6 Å². The number of hydrogen-bond donors (Lipinski definition) is 2. The highest BCUT2D eigenvalue weighted by Gasteiger charge is 2.32. The number of fused-ring (bicyclic) bond motifs is 14. The van der Waals surface area contributed by atoms with Crippen LogP contribution in [-0.4, -0.2) is 16.5 Å². The van der Waals surface area contributed by atoms with Crippen molar-refractivity contribution in [1.82, 2.24) is 4.40 Å². The molecule has 5 heteroatoms. The second kappa shape index (κ2) is 7.58. The first-order valence-corrected chi connectivity index (χ1v) is 14.8. The molecule has 5 nitrogen and oxygen atoms in total. The third-order valence-electron chi connectivity index (χ3n) is 9.55. The van der Waals surface area contributed by atoms with Crippen LogP contribution in [0.1, 0.15) is 0 Å². The van der Waals surface area contributed by atoms with Gasteiger partial charge in [-0.05, 0) is 59.7 Å². The van der Waals surface area contributed by atoms with E-state index < -0.39 is 0 Å². The fourth-order valence-corrected chi connectivity index (χ4v) is 7.68. The van der Waals surface area contributed by atoms with Gasteiger partial charge in [0.2, 0.25) is 0 Å². The van der Waals surface area contributed by atoms with Crippen molar-refractivity contribution in [2.24, 2.45) is 0 Å². The lowest BCUT2D eigenvalue weighted by atomic mass is 9.96. The summed E-state index contributed by atoms with van der Waals surface area (Å²) < 4.78 is 14.9. The average molecular weight is 554 g/mol. The molecule has 0 bridgehead atoms. The standard InChI is InChI=1S/C38H23N3O2/c1-5-11-30-22(7-1)24-17-20(13-15-32(24)42-30)21-18-25-34-29(14-16-33-35(34)23-8-2-6-12-31(23)43-33)41-37(25)26(19-21)36-38(41)40-28-10-4-3-9-27(28)39-36/h1-19,27-28,39-40H. The number of aromatic nitrogens is 1. The van der Waals surface area contributed by atoms with Crippen molar-refractivity contribution in [3.63, 3.8) is 0 Å². The number of benzene rings is 5. The van der Waals surface area contributed by atoms with Gasteiger partial charge in [0.25, 0.3) is 0 Å². The molecular weight excluding hydrogens is 530 g/mol. The van der Waals surface area contributed by atoms with Crippen LogP contribution in [-0.2, 0) is 0 Å². The van der Waals surface area contributed by atoms with Gasteiger partial charge in [-0.15, -0.1) is 0 Å². The molecule has 5 heterocycles. The summed E-state index contributed by atoms with van der Waals surface area (Å²) in [6.07, 6.45) is 8.74. The number of rotatable bonds is 1. The van der Waals surface area contributed by atoms with E-state index in [0.717, 1.165) is 50.0 Å². The van der Waals surface area contributed by atoms with Gasteiger partial charge in [-0.3, -0.25) is 4.40 Å². The van der Waals surface area contributed by atoms with Crippen molar-refractivity contribution >= 4 is 82.6 Å². The Morgan fingerprint density at radius 1 is 0.535 bits per heavy atom. The lowest BCUT2D eigenvalue weighted by Crippen LogP contribution is -2.41. The predicted molar refractivity (Wildman–Crippen MR) is 177 cm³/mol. The molecule has 0 saturated carbocycles. The third kappa shape index (κ3) is 2.72. The summed E-state index contributed by atoms with van der Waals surface area (Å²) >= 11 is 0. The quantitative estimate of drug-likeness (QED) is 0.212. The number of anilines is 2. The van der Waals surface area contributed by atoms with E-state index in [1.165, 1.54) is 43.7 Å². The zero-order valence-corrected chi connectivity index (χ0v) is 22.9. The van der Waals surface area contributed by atoms with E-state index in [-0.39, 0.29) is 12.1 Å². The smallest absolute Gasteiger partial charge is 0.136 e. The molecular formula is C38H23N3O2. The van der Waals surface area contributed by atoms with E-state index in [9.17, 15) is 0 Å². The normalized spacial score (nSPS) is 18.0. The van der Waals surface area contributed by atoms with Crippen LogP contribution in [0.3, 0.4) is 0 Å². The van der Waals surface area contributed by atoms with Crippen molar-refractivity contribution in [2.75, 3.05) is 10.6 Å². The second-order valence-electron chi connectivity index (χ2n) is 11.8. The van der Waals surface area contributed by atoms with Gasteiger partial charge in [-0.1, -0.05) is 66.8 Å². The minimum atomic E-state index is 0.181. The molecule has 2 unspecified atom stereocenters. The molecule has 11 rings (SSSR count). The molecule has 2 atom stereocenters. The summed E-state index contributed by atoms with van der Waals surface area (Å²) in [5, 5.41) is 16.0. The molecule has 0 fully saturated rings. The molecule has 4 aromatic heterocycles. The van der Waals surface area contributed by atoms with Crippen molar-refractivity contribution in [1.29, 1.82) is 0 Å². The van der Waals surface area contributed by atoms with Gasteiger partial charge < -0.3 is 19.5 Å². The molecule has 43 heavy (non-hydrogen) atoms. The second-order valence-corrected chi connectivity index (χ2v) is 11.8. The monoisotopic (exact) mass is 553 g/mol. The summed E-state index contributed by atoms with van der Waals surface area (Å²) in [5.41, 5.74) is 9.54. The number of nitrogens with zero attached hydrogens (tertiary/aromatic N) is 1. The van der Waals surface area contributed by atoms with E-state index in [1.54, 1.807) is 0 Å². The first-order chi connectivity index (χ1) is 21.3. The van der Waals surface area contributed by atoms with E-state index in [0.29, 0.717) is 0 Å². The van der Waals surface area contributed by atoms with Gasteiger partial charge in [0.1, 0.15) is 28.1 Å². The average Bonchev–Trinajstić information content (AvgIpc) is 3.79. The zero-order valence-electron chi connectivity index (χ0n) is 22.9. The van der Waals surface area contributed by atoms with E-state index >= 15 is 0 Å². The fourth-order valence-electron chi connectivity index (χ4n) is 7.68. The summed E-state index contributed by atoms with van der Waals surface area (Å²) in [5.74, 6) is 1.11. The summed E-state index contributed by atoms with van der Waals surface area (Å²) in [6.45, 7) is 0. The SMILES string of the molecule is C1=CC2Nc3c(n4c5ccc6oc7ccccc7c6c5c5cc(-c6ccc7oc8ccccc8c7c6)cc3c54)NC2C=C1. The first-order valence-electron chi connectivity index (χ1n) is 14.8. The molecule has 0 spiro atoms. The Labute approximate surface area is 244 Å². The van der Waals surface area contributed by atoms with Crippen LogP contribution in [0.5, 0.6) is 0 Å². The van der Waals surface area contributed by atoms with Crippen LogP contribution in [0, 0.1) is 0 Å². The largest absolute Gasteiger partial charge is 0.456 e. The highest BCUT2D eigenvalue weighted by molar-refractivity contribution is 6.31. The number of allylic oxidation sites excluding steroid dienone is 2. The summed E-state index contributed by atoms with van der Waals surface area (Å²) in [6, 6.07) is 32.6. The Bertz CT molecular complexity index is 2700. The van der Waals surface area contributed by atoms with Crippen LogP contribution in [0.2, 0.25) is 0 Å². The van der Waals surface area contributed by atoms with Crippen LogP contribution in [0.15, 0.2) is 124 Å². The van der Waals surface area contributed by atoms with E-state index in [1.807, 2.05) is 18.2 Å². The maximum Gasteiger partial charge on any atom is 0.136 e. The topological polar surface area (TPSA) is 54.8 Å². The summed E-state index contributed by atoms with van der Waals surface area (Å²) in [4.78, 5) is 0. The molecule has 0 amide bonds. The number of nitrogens with one attached hydrogen (secondary N) is 2.